The lowest BCUT2D eigenvalue weighted by Crippen LogP contribution is -2.49. The Kier molecular flexibility index (Phi) is 4.35. The Balaban J connectivity index is 1.44. The van der Waals surface area contributed by atoms with Crippen molar-refractivity contribution in [3.63, 3.8) is 0 Å². The zero-order chi connectivity index (χ0) is 18.3. The van der Waals surface area contributed by atoms with E-state index in [2.05, 4.69) is 18.4 Å². The van der Waals surface area contributed by atoms with E-state index in [0.29, 0.717) is 31.8 Å². The number of nitrogens with zero attached hydrogens (tertiary/aromatic N) is 1. The largest absolute Gasteiger partial charge is 0.481 e. The molecule has 2 aliphatic rings. The summed E-state index contributed by atoms with van der Waals surface area (Å²) < 4.78 is 0. The first kappa shape index (κ1) is 17.3. The van der Waals surface area contributed by atoms with Crippen LogP contribution >= 0.6 is 11.3 Å². The molecule has 1 saturated carbocycles. The maximum absolute atomic E-state index is 12.9. The van der Waals surface area contributed by atoms with Gasteiger partial charge in [0.05, 0.1) is 5.41 Å². The van der Waals surface area contributed by atoms with E-state index in [0.717, 1.165) is 12.0 Å². The number of carbonyl (C=O) groups excluding carboxylic acids is 1. The molecule has 0 bridgehead atoms. The fourth-order valence-corrected chi connectivity index (χ4v) is 5.36. The first-order valence-corrected chi connectivity index (χ1v) is 10.0. The van der Waals surface area contributed by atoms with E-state index in [1.165, 1.54) is 10.4 Å². The molecule has 1 amide bonds. The molecular formula is C21H23NO3S. The minimum atomic E-state index is -0.870. The quantitative estimate of drug-likeness (QED) is 0.892. The summed E-state index contributed by atoms with van der Waals surface area (Å²) in [6.45, 7) is 3.15. The second kappa shape index (κ2) is 6.54. The molecule has 1 aromatic heterocycles. The van der Waals surface area contributed by atoms with E-state index >= 15 is 0 Å². The second-order valence-electron chi connectivity index (χ2n) is 7.50. The van der Waals surface area contributed by atoms with Crippen LogP contribution in [0.25, 0.3) is 0 Å². The number of hydrogen-bond donors (Lipinski definition) is 1. The summed E-state index contributed by atoms with van der Waals surface area (Å²) in [6.07, 6.45) is 1.89. The Morgan fingerprint density at radius 2 is 1.85 bits per heavy atom. The lowest BCUT2D eigenvalue weighted by Gasteiger charge is -2.39. The van der Waals surface area contributed by atoms with Crippen LogP contribution in [0, 0.1) is 12.8 Å². The van der Waals surface area contributed by atoms with Crippen molar-refractivity contribution in [2.75, 3.05) is 13.1 Å². The highest BCUT2D eigenvalue weighted by atomic mass is 32.1. The highest BCUT2D eigenvalue weighted by Crippen LogP contribution is 2.51. The van der Waals surface area contributed by atoms with Crippen LogP contribution in [0.2, 0.25) is 0 Å². The number of carboxylic acid groups (broad SMARTS) is 1. The topological polar surface area (TPSA) is 57.6 Å². The molecule has 1 aliphatic heterocycles. The number of carboxylic acids is 1. The van der Waals surface area contributed by atoms with Crippen LogP contribution in [0.5, 0.6) is 0 Å². The number of amides is 1. The molecule has 0 radical (unpaired) electrons. The molecule has 5 heteroatoms. The van der Waals surface area contributed by atoms with Crippen molar-refractivity contribution >= 4 is 23.2 Å². The molecule has 26 heavy (non-hydrogen) atoms. The number of aryl methyl sites for hydroxylation is 1. The Bertz CT molecular complexity index is 821. The van der Waals surface area contributed by atoms with Crippen LogP contribution in [-0.4, -0.2) is 35.0 Å². The normalized spacial score (nSPS) is 24.3. The maximum atomic E-state index is 12.9. The standard InChI is InChI=1S/C21H23NO3S/c1-14-7-12-26-18(14)16-13-17(16)19(23)22-10-8-21(9-11-22,20(24)25)15-5-3-2-4-6-15/h2-7,12,16-17H,8-11,13H2,1H3,(H,24,25)/t16-,17+/m0/s1. The Labute approximate surface area is 157 Å². The summed E-state index contributed by atoms with van der Waals surface area (Å²) in [4.78, 5) is 28.1. The number of thiophene rings is 1. The lowest BCUT2D eigenvalue weighted by molar-refractivity contribution is -0.148. The van der Waals surface area contributed by atoms with Crippen molar-refractivity contribution in [2.45, 2.75) is 37.5 Å². The summed E-state index contributed by atoms with van der Waals surface area (Å²) >= 11 is 1.74. The third kappa shape index (κ3) is 2.84. The minimum Gasteiger partial charge on any atom is -0.481 e. The maximum Gasteiger partial charge on any atom is 0.314 e. The van der Waals surface area contributed by atoms with Gasteiger partial charge in [0, 0.05) is 29.8 Å². The lowest BCUT2D eigenvalue weighted by atomic mass is 9.73. The molecular weight excluding hydrogens is 346 g/mol. The number of hydrogen-bond acceptors (Lipinski definition) is 3. The molecule has 0 spiro atoms. The van der Waals surface area contributed by atoms with Gasteiger partial charge in [-0.15, -0.1) is 11.3 Å². The predicted octanol–water partition coefficient (Wildman–Crippen LogP) is 3.81. The molecule has 4 rings (SSSR count). The van der Waals surface area contributed by atoms with Gasteiger partial charge in [-0.2, -0.15) is 0 Å². The van der Waals surface area contributed by atoms with Crippen LogP contribution in [0.4, 0.5) is 0 Å². The fraction of sp³-hybridized carbons (Fsp3) is 0.429. The van der Waals surface area contributed by atoms with Crippen molar-refractivity contribution in [3.05, 3.63) is 57.8 Å². The summed E-state index contributed by atoms with van der Waals surface area (Å²) in [5.41, 5.74) is 1.26. The molecule has 0 unspecified atom stereocenters. The molecule has 4 nitrogen and oxygen atoms in total. The third-order valence-corrected chi connectivity index (χ3v) is 7.16. The average Bonchev–Trinajstić information content (AvgIpc) is 3.35. The number of benzene rings is 1. The summed E-state index contributed by atoms with van der Waals surface area (Å²) in [5.74, 6) is -0.131. The van der Waals surface area contributed by atoms with E-state index < -0.39 is 11.4 Å². The monoisotopic (exact) mass is 369 g/mol. The van der Waals surface area contributed by atoms with Gasteiger partial charge >= 0.3 is 5.97 Å². The van der Waals surface area contributed by atoms with Crippen LogP contribution in [0.3, 0.4) is 0 Å². The van der Waals surface area contributed by atoms with Crippen molar-refractivity contribution in [2.24, 2.45) is 5.92 Å². The van der Waals surface area contributed by atoms with Crippen molar-refractivity contribution in [1.29, 1.82) is 0 Å². The zero-order valence-electron chi connectivity index (χ0n) is 14.9. The first-order valence-electron chi connectivity index (χ1n) is 9.14. The average molecular weight is 369 g/mol. The fourth-order valence-electron chi connectivity index (χ4n) is 4.25. The van der Waals surface area contributed by atoms with Gasteiger partial charge in [-0.25, -0.2) is 0 Å². The number of likely N-dealkylation sites (tertiary alicyclic amines) is 1. The Morgan fingerprint density at radius 1 is 1.15 bits per heavy atom. The minimum absolute atomic E-state index is 0.0846. The molecule has 1 aromatic carbocycles. The molecule has 2 heterocycles. The summed E-state index contributed by atoms with van der Waals surface area (Å²) in [5, 5.41) is 12.0. The highest BCUT2D eigenvalue weighted by Gasteiger charge is 2.49. The molecule has 1 saturated heterocycles. The third-order valence-electron chi connectivity index (χ3n) is 6.01. The van der Waals surface area contributed by atoms with E-state index in [1.807, 2.05) is 35.2 Å². The van der Waals surface area contributed by atoms with E-state index in [9.17, 15) is 14.7 Å². The van der Waals surface area contributed by atoms with Gasteiger partial charge in [-0.3, -0.25) is 9.59 Å². The van der Waals surface area contributed by atoms with Gasteiger partial charge in [0.2, 0.25) is 5.91 Å². The Hall–Kier alpha value is -2.14. The Morgan fingerprint density at radius 3 is 2.42 bits per heavy atom. The van der Waals surface area contributed by atoms with Gasteiger partial charge < -0.3 is 10.0 Å². The van der Waals surface area contributed by atoms with Crippen molar-refractivity contribution in [1.82, 2.24) is 4.90 Å². The summed E-state index contributed by atoms with van der Waals surface area (Å²) in [6, 6.07) is 11.6. The molecule has 2 atom stereocenters. The van der Waals surface area contributed by atoms with Crippen LogP contribution < -0.4 is 0 Å². The molecule has 1 N–H and O–H groups in total. The zero-order valence-corrected chi connectivity index (χ0v) is 15.7. The number of rotatable bonds is 4. The van der Waals surface area contributed by atoms with E-state index in [-0.39, 0.29) is 11.8 Å². The van der Waals surface area contributed by atoms with Gasteiger partial charge in [0.1, 0.15) is 0 Å². The van der Waals surface area contributed by atoms with Gasteiger partial charge in [-0.05, 0) is 48.8 Å². The van der Waals surface area contributed by atoms with Crippen LogP contribution in [-0.2, 0) is 15.0 Å². The smallest absolute Gasteiger partial charge is 0.314 e. The van der Waals surface area contributed by atoms with Gasteiger partial charge in [0.25, 0.3) is 0 Å². The second-order valence-corrected chi connectivity index (χ2v) is 8.44. The van der Waals surface area contributed by atoms with Crippen LogP contribution in [0.1, 0.15) is 41.2 Å². The van der Waals surface area contributed by atoms with Crippen molar-refractivity contribution in [3.8, 4) is 0 Å². The van der Waals surface area contributed by atoms with Gasteiger partial charge in [0.15, 0.2) is 0 Å². The van der Waals surface area contributed by atoms with E-state index in [1.54, 1.807) is 11.3 Å². The van der Waals surface area contributed by atoms with Crippen molar-refractivity contribution < 1.29 is 14.7 Å². The number of aliphatic carboxylic acids is 1. The molecule has 1 aliphatic carbocycles. The highest BCUT2D eigenvalue weighted by molar-refractivity contribution is 7.10. The predicted molar refractivity (Wildman–Crippen MR) is 101 cm³/mol. The SMILES string of the molecule is Cc1ccsc1[C@H]1C[C@H]1C(=O)N1CCC(C(=O)O)(c2ccccc2)CC1. The molecule has 2 aromatic rings. The number of carbonyl (C=O) groups is 2. The first-order chi connectivity index (χ1) is 12.5. The number of piperidine rings is 1. The van der Waals surface area contributed by atoms with Crippen LogP contribution in [0.15, 0.2) is 41.8 Å². The molecule has 136 valence electrons. The summed E-state index contributed by atoms with van der Waals surface area (Å²) in [7, 11) is 0. The van der Waals surface area contributed by atoms with E-state index in [4.69, 9.17) is 0 Å². The van der Waals surface area contributed by atoms with Gasteiger partial charge in [-0.1, -0.05) is 30.3 Å². The molecule has 2 fully saturated rings.